The minimum Gasteiger partial charge on any atom is -0.493 e. The van der Waals surface area contributed by atoms with Gasteiger partial charge in [0.15, 0.2) is 0 Å². The van der Waals surface area contributed by atoms with Crippen LogP contribution in [0.3, 0.4) is 0 Å². The lowest BCUT2D eigenvalue weighted by Crippen LogP contribution is -2.24. The van der Waals surface area contributed by atoms with Crippen molar-refractivity contribution in [1.82, 2.24) is 5.32 Å². The average Bonchev–Trinajstić information content (AvgIpc) is 2.57. The fraction of sp³-hybridized carbons (Fsp3) is 0.300. The highest BCUT2D eigenvalue weighted by molar-refractivity contribution is 5.88. The first kappa shape index (κ1) is 18.5. The topological polar surface area (TPSA) is 67.4 Å². The van der Waals surface area contributed by atoms with Gasteiger partial charge in [-0.2, -0.15) is 0 Å². The molecule has 2 aromatic rings. The molecule has 0 aliphatic heterocycles. The number of aryl methyl sites for hydroxylation is 2. The molecule has 0 unspecified atom stereocenters. The first-order valence-corrected chi connectivity index (χ1v) is 8.27. The van der Waals surface area contributed by atoms with Gasteiger partial charge in [0.1, 0.15) is 5.75 Å². The van der Waals surface area contributed by atoms with Crippen molar-refractivity contribution in [2.45, 2.75) is 33.7 Å². The smallest absolute Gasteiger partial charge is 0.223 e. The summed E-state index contributed by atoms with van der Waals surface area (Å²) in [6, 6.07) is 13.4. The van der Waals surface area contributed by atoms with E-state index in [9.17, 15) is 9.59 Å². The van der Waals surface area contributed by atoms with Gasteiger partial charge in [0.25, 0.3) is 0 Å². The second kappa shape index (κ2) is 8.87. The van der Waals surface area contributed by atoms with Crippen molar-refractivity contribution in [3.8, 4) is 5.75 Å². The molecule has 0 aliphatic rings. The van der Waals surface area contributed by atoms with Crippen molar-refractivity contribution in [3.05, 3.63) is 59.2 Å². The Kier molecular flexibility index (Phi) is 6.57. The minimum atomic E-state index is -0.107. The fourth-order valence-electron chi connectivity index (χ4n) is 2.31. The summed E-state index contributed by atoms with van der Waals surface area (Å²) < 4.78 is 5.69. The molecule has 0 aliphatic carbocycles. The Morgan fingerprint density at radius 1 is 1.04 bits per heavy atom. The van der Waals surface area contributed by atoms with Gasteiger partial charge in [-0.25, -0.2) is 0 Å². The molecule has 132 valence electrons. The van der Waals surface area contributed by atoms with Crippen LogP contribution in [0.1, 0.15) is 30.0 Å². The molecule has 5 heteroatoms. The maximum Gasteiger partial charge on any atom is 0.223 e. The van der Waals surface area contributed by atoms with Crippen LogP contribution in [0, 0.1) is 13.8 Å². The molecular weight excluding hydrogens is 316 g/mol. The molecule has 0 saturated carbocycles. The number of ether oxygens (including phenoxy) is 1. The maximum atomic E-state index is 11.9. The van der Waals surface area contributed by atoms with Gasteiger partial charge in [-0.1, -0.05) is 24.3 Å². The van der Waals surface area contributed by atoms with E-state index in [0.717, 1.165) is 28.1 Å². The number of benzene rings is 2. The van der Waals surface area contributed by atoms with Crippen LogP contribution in [0.15, 0.2) is 42.5 Å². The fourth-order valence-corrected chi connectivity index (χ4v) is 2.31. The molecule has 0 bridgehead atoms. The molecular formula is C20H24N2O3. The summed E-state index contributed by atoms with van der Waals surface area (Å²) in [6.45, 7) is 6.25. The van der Waals surface area contributed by atoms with Crippen molar-refractivity contribution in [1.29, 1.82) is 0 Å². The lowest BCUT2D eigenvalue weighted by molar-refractivity contribution is -0.121. The molecule has 5 nitrogen and oxygen atoms in total. The number of amides is 2. The highest BCUT2D eigenvalue weighted by Crippen LogP contribution is 2.19. The summed E-state index contributed by atoms with van der Waals surface area (Å²) in [5, 5.41) is 5.57. The second-order valence-electron chi connectivity index (χ2n) is 6.02. The third-order valence-corrected chi connectivity index (χ3v) is 3.69. The largest absolute Gasteiger partial charge is 0.493 e. The average molecular weight is 340 g/mol. The molecule has 0 radical (unpaired) electrons. The first-order valence-electron chi connectivity index (χ1n) is 8.27. The van der Waals surface area contributed by atoms with Gasteiger partial charge in [-0.3, -0.25) is 9.59 Å². The Balaban J connectivity index is 1.73. The van der Waals surface area contributed by atoms with Crippen LogP contribution in [0.5, 0.6) is 5.75 Å². The zero-order valence-electron chi connectivity index (χ0n) is 14.9. The number of anilines is 1. The SMILES string of the molecule is CC(=O)Nc1ccc(CNC(=O)CCOc2cc(C)ccc2C)cc1. The normalized spacial score (nSPS) is 10.2. The number of hydrogen-bond donors (Lipinski definition) is 2. The lowest BCUT2D eigenvalue weighted by atomic mass is 10.1. The molecule has 0 aromatic heterocycles. The number of nitrogens with one attached hydrogen (secondary N) is 2. The molecule has 25 heavy (non-hydrogen) atoms. The zero-order chi connectivity index (χ0) is 18.2. The molecule has 2 amide bonds. The Hall–Kier alpha value is -2.82. The van der Waals surface area contributed by atoms with Gasteiger partial charge in [0, 0.05) is 19.2 Å². The van der Waals surface area contributed by atoms with E-state index in [1.807, 2.05) is 56.3 Å². The number of carbonyl (C=O) groups is 2. The number of rotatable bonds is 7. The van der Waals surface area contributed by atoms with Gasteiger partial charge in [-0.15, -0.1) is 0 Å². The molecule has 0 fully saturated rings. The predicted octanol–water partition coefficient (Wildman–Crippen LogP) is 3.35. The third-order valence-electron chi connectivity index (χ3n) is 3.69. The summed E-state index contributed by atoms with van der Waals surface area (Å²) in [5.74, 6) is 0.655. The third kappa shape index (κ3) is 6.30. The van der Waals surface area contributed by atoms with Gasteiger partial charge in [0.2, 0.25) is 11.8 Å². The van der Waals surface area contributed by atoms with E-state index < -0.39 is 0 Å². The molecule has 0 atom stereocenters. The highest BCUT2D eigenvalue weighted by Gasteiger charge is 2.04. The maximum absolute atomic E-state index is 11.9. The summed E-state index contributed by atoms with van der Waals surface area (Å²) in [4.78, 5) is 22.9. The minimum absolute atomic E-state index is 0.0590. The van der Waals surface area contributed by atoms with E-state index in [4.69, 9.17) is 4.74 Å². The van der Waals surface area contributed by atoms with Gasteiger partial charge in [-0.05, 0) is 48.7 Å². The predicted molar refractivity (Wildman–Crippen MR) is 98.6 cm³/mol. The van der Waals surface area contributed by atoms with Gasteiger partial charge >= 0.3 is 0 Å². The second-order valence-corrected chi connectivity index (χ2v) is 6.02. The molecule has 2 N–H and O–H groups in total. The van der Waals surface area contributed by atoms with Crippen molar-refractivity contribution < 1.29 is 14.3 Å². The summed E-state index contributed by atoms with van der Waals surface area (Å²) in [7, 11) is 0. The highest BCUT2D eigenvalue weighted by atomic mass is 16.5. The standard InChI is InChI=1S/C20H24N2O3/c1-14-4-5-15(2)19(12-14)25-11-10-20(24)21-13-17-6-8-18(9-7-17)22-16(3)23/h4-9,12H,10-11,13H2,1-3H3,(H,21,24)(H,22,23). The van der Waals surface area contributed by atoms with Crippen LogP contribution in [0.4, 0.5) is 5.69 Å². The van der Waals surface area contributed by atoms with Crippen LogP contribution in [0.2, 0.25) is 0 Å². The van der Waals surface area contributed by atoms with Crippen LogP contribution >= 0.6 is 0 Å². The van der Waals surface area contributed by atoms with Crippen LogP contribution < -0.4 is 15.4 Å². The Bertz CT molecular complexity index is 739. The summed E-state index contributed by atoms with van der Waals surface area (Å²) in [5.41, 5.74) is 3.90. The van der Waals surface area contributed by atoms with Crippen LogP contribution in [-0.4, -0.2) is 18.4 Å². The Labute approximate surface area is 148 Å². The van der Waals surface area contributed by atoms with E-state index in [1.165, 1.54) is 6.92 Å². The van der Waals surface area contributed by atoms with Crippen LogP contribution in [0.25, 0.3) is 0 Å². The molecule has 0 spiro atoms. The van der Waals surface area contributed by atoms with Gasteiger partial charge < -0.3 is 15.4 Å². The van der Waals surface area contributed by atoms with E-state index >= 15 is 0 Å². The van der Waals surface area contributed by atoms with E-state index in [0.29, 0.717) is 19.6 Å². The van der Waals surface area contributed by atoms with E-state index in [2.05, 4.69) is 10.6 Å². The molecule has 2 aromatic carbocycles. The monoisotopic (exact) mass is 340 g/mol. The van der Waals surface area contributed by atoms with E-state index in [1.54, 1.807) is 0 Å². The molecule has 0 heterocycles. The number of carbonyl (C=O) groups excluding carboxylic acids is 2. The van der Waals surface area contributed by atoms with Gasteiger partial charge in [0.05, 0.1) is 13.0 Å². The van der Waals surface area contributed by atoms with Crippen molar-refractivity contribution in [2.24, 2.45) is 0 Å². The van der Waals surface area contributed by atoms with E-state index in [-0.39, 0.29) is 11.8 Å². The summed E-state index contributed by atoms with van der Waals surface area (Å²) in [6.07, 6.45) is 0.303. The quantitative estimate of drug-likeness (QED) is 0.812. The molecule has 2 rings (SSSR count). The lowest BCUT2D eigenvalue weighted by Gasteiger charge is -2.10. The van der Waals surface area contributed by atoms with Crippen molar-refractivity contribution in [2.75, 3.05) is 11.9 Å². The summed E-state index contributed by atoms with van der Waals surface area (Å²) >= 11 is 0. The van der Waals surface area contributed by atoms with Crippen LogP contribution in [-0.2, 0) is 16.1 Å². The first-order chi connectivity index (χ1) is 11.9. The Morgan fingerprint density at radius 2 is 1.76 bits per heavy atom. The van der Waals surface area contributed by atoms with Crippen molar-refractivity contribution >= 4 is 17.5 Å². The Morgan fingerprint density at radius 3 is 2.44 bits per heavy atom. The number of hydrogen-bond acceptors (Lipinski definition) is 3. The zero-order valence-corrected chi connectivity index (χ0v) is 14.9. The molecule has 0 saturated heterocycles. The van der Waals surface area contributed by atoms with Crippen molar-refractivity contribution in [3.63, 3.8) is 0 Å².